The van der Waals surface area contributed by atoms with E-state index >= 15 is 0 Å². The maximum absolute atomic E-state index is 5.28. The maximum Gasteiger partial charge on any atom is 0.133 e. The molecule has 35 heavy (non-hydrogen) atoms. The summed E-state index contributed by atoms with van der Waals surface area (Å²) in [6.07, 6.45) is 0. The molecule has 0 saturated heterocycles. The van der Waals surface area contributed by atoms with Crippen LogP contribution >= 0.6 is 7.92 Å². The highest BCUT2D eigenvalue weighted by Crippen LogP contribution is 2.39. The van der Waals surface area contributed by atoms with Crippen LogP contribution in [-0.4, -0.2) is 5.58 Å². The maximum atomic E-state index is 5.28. The van der Waals surface area contributed by atoms with E-state index in [1.807, 2.05) is 0 Å². The van der Waals surface area contributed by atoms with Crippen molar-refractivity contribution in [2.24, 2.45) is 4.99 Å². The van der Waals surface area contributed by atoms with Gasteiger partial charge in [-0.05, 0) is 39.1 Å². The SMILES string of the molecule is CC(C)c1cccc(C(C)C)c1NC(=NCc1ccccc1)P(c1ccccc1)c1ccccc1. The predicted octanol–water partition coefficient (Wildman–Crippen LogP) is 8.03. The molecule has 178 valence electrons. The van der Waals surface area contributed by atoms with Crippen molar-refractivity contribution >= 4 is 29.8 Å². The Balaban J connectivity index is 1.88. The molecule has 3 heteroatoms. The van der Waals surface area contributed by atoms with Crippen LogP contribution in [0.15, 0.2) is 114 Å². The Bertz CT molecular complexity index is 1170. The van der Waals surface area contributed by atoms with Crippen LogP contribution < -0.4 is 15.9 Å². The number of benzene rings is 4. The lowest BCUT2D eigenvalue weighted by Gasteiger charge is -2.26. The lowest BCUT2D eigenvalue weighted by molar-refractivity contribution is 0.839. The summed E-state index contributed by atoms with van der Waals surface area (Å²) in [5.41, 5.74) is 6.13. The van der Waals surface area contributed by atoms with Crippen molar-refractivity contribution in [3.05, 3.63) is 126 Å². The van der Waals surface area contributed by atoms with Crippen LogP contribution in [0.4, 0.5) is 5.69 Å². The second-order valence-corrected chi connectivity index (χ2v) is 11.5. The van der Waals surface area contributed by atoms with Crippen molar-refractivity contribution in [1.29, 1.82) is 0 Å². The third-order valence-electron chi connectivity index (χ3n) is 6.10. The van der Waals surface area contributed by atoms with Crippen LogP contribution in [0.25, 0.3) is 0 Å². The molecule has 4 aromatic carbocycles. The second kappa shape index (κ2) is 12.0. The zero-order valence-electron chi connectivity index (χ0n) is 21.1. The minimum atomic E-state index is -0.859. The first-order valence-electron chi connectivity index (χ1n) is 12.4. The minimum absolute atomic E-state index is 0.409. The van der Waals surface area contributed by atoms with E-state index in [1.54, 1.807) is 0 Å². The molecule has 0 saturated carbocycles. The summed E-state index contributed by atoms with van der Waals surface area (Å²) in [6, 6.07) is 38.8. The average Bonchev–Trinajstić information content (AvgIpc) is 2.89. The van der Waals surface area contributed by atoms with Gasteiger partial charge in [-0.2, -0.15) is 0 Å². The van der Waals surface area contributed by atoms with Crippen molar-refractivity contribution in [3.63, 3.8) is 0 Å². The summed E-state index contributed by atoms with van der Waals surface area (Å²) in [5.74, 6) is 0.817. The number of para-hydroxylation sites is 1. The van der Waals surface area contributed by atoms with Gasteiger partial charge in [0.05, 0.1) is 6.54 Å². The van der Waals surface area contributed by atoms with E-state index in [0.717, 1.165) is 5.58 Å². The van der Waals surface area contributed by atoms with Crippen LogP contribution in [0.1, 0.15) is 56.2 Å². The van der Waals surface area contributed by atoms with E-state index in [-0.39, 0.29) is 0 Å². The van der Waals surface area contributed by atoms with Gasteiger partial charge in [0.1, 0.15) is 5.58 Å². The first-order valence-corrected chi connectivity index (χ1v) is 13.8. The highest BCUT2D eigenvalue weighted by Gasteiger charge is 2.23. The number of aliphatic imine (C=N–C) groups is 1. The van der Waals surface area contributed by atoms with Crippen LogP contribution in [0.2, 0.25) is 0 Å². The Kier molecular flexibility index (Phi) is 8.50. The molecule has 0 amide bonds. The highest BCUT2D eigenvalue weighted by molar-refractivity contribution is 7.88. The number of rotatable bonds is 8. The van der Waals surface area contributed by atoms with Crippen molar-refractivity contribution < 1.29 is 0 Å². The van der Waals surface area contributed by atoms with E-state index in [9.17, 15) is 0 Å². The van der Waals surface area contributed by atoms with Gasteiger partial charge in [0.15, 0.2) is 0 Å². The molecule has 0 radical (unpaired) electrons. The second-order valence-electron chi connectivity index (χ2n) is 9.38. The molecular weight excluding hydrogens is 443 g/mol. The largest absolute Gasteiger partial charge is 0.339 e. The normalized spacial score (nSPS) is 11.9. The quantitative estimate of drug-likeness (QED) is 0.155. The van der Waals surface area contributed by atoms with E-state index in [1.165, 1.54) is 33.0 Å². The van der Waals surface area contributed by atoms with Crippen LogP contribution in [0, 0.1) is 0 Å². The molecule has 0 atom stereocenters. The molecule has 0 unspecified atom stereocenters. The molecule has 0 fully saturated rings. The molecule has 4 aromatic rings. The summed E-state index contributed by atoms with van der Waals surface area (Å²) in [7, 11) is -0.859. The number of nitrogens with zero attached hydrogens (tertiary/aromatic N) is 1. The fourth-order valence-electron chi connectivity index (χ4n) is 4.27. The van der Waals surface area contributed by atoms with Gasteiger partial charge in [-0.1, -0.05) is 137 Å². The minimum Gasteiger partial charge on any atom is -0.339 e. The average molecular weight is 479 g/mol. The van der Waals surface area contributed by atoms with Crippen LogP contribution in [-0.2, 0) is 6.54 Å². The summed E-state index contributed by atoms with van der Waals surface area (Å²) in [5, 5.41) is 6.51. The van der Waals surface area contributed by atoms with Gasteiger partial charge < -0.3 is 5.32 Å². The fraction of sp³-hybridized carbons (Fsp3) is 0.219. The van der Waals surface area contributed by atoms with Gasteiger partial charge in [0.2, 0.25) is 0 Å². The fourth-order valence-corrected chi connectivity index (χ4v) is 6.43. The first-order chi connectivity index (χ1) is 17.0. The van der Waals surface area contributed by atoms with Crippen molar-refractivity contribution in [1.82, 2.24) is 0 Å². The van der Waals surface area contributed by atoms with Crippen molar-refractivity contribution in [2.45, 2.75) is 46.1 Å². The Hall–Kier alpha value is -3.22. The van der Waals surface area contributed by atoms with E-state index in [2.05, 4.69) is 142 Å². The zero-order chi connectivity index (χ0) is 24.6. The van der Waals surface area contributed by atoms with Crippen LogP contribution in [0.3, 0.4) is 0 Å². The van der Waals surface area contributed by atoms with E-state index < -0.39 is 7.92 Å². The third kappa shape index (κ3) is 6.27. The Morgan fingerprint density at radius 2 is 1.09 bits per heavy atom. The van der Waals surface area contributed by atoms with Crippen molar-refractivity contribution in [3.8, 4) is 0 Å². The topological polar surface area (TPSA) is 24.4 Å². The lowest BCUT2D eigenvalue weighted by atomic mass is 9.93. The summed E-state index contributed by atoms with van der Waals surface area (Å²) >= 11 is 0. The standard InChI is InChI=1S/C32H35N2P/c1-24(2)29-21-14-22-30(25(3)4)31(29)34-32(33-23-26-15-8-5-9-16-26)35(27-17-10-6-11-18-27)28-19-12-7-13-20-28/h5-22,24-25H,23H2,1-4H3,(H,33,34). The Morgan fingerprint density at radius 1 is 0.629 bits per heavy atom. The van der Waals surface area contributed by atoms with Crippen molar-refractivity contribution in [2.75, 3.05) is 5.32 Å². The van der Waals surface area contributed by atoms with Crippen LogP contribution in [0.5, 0.6) is 0 Å². The van der Waals surface area contributed by atoms with Gasteiger partial charge in [0, 0.05) is 13.6 Å². The van der Waals surface area contributed by atoms with E-state index in [0.29, 0.717) is 18.4 Å². The number of nitrogens with one attached hydrogen (secondary N) is 1. The number of hydrogen-bond acceptors (Lipinski definition) is 1. The number of hydrogen-bond donors (Lipinski definition) is 1. The van der Waals surface area contributed by atoms with Gasteiger partial charge in [-0.3, -0.25) is 4.99 Å². The molecule has 2 nitrogen and oxygen atoms in total. The number of anilines is 1. The summed E-state index contributed by atoms with van der Waals surface area (Å²) in [4.78, 5) is 5.28. The third-order valence-corrected chi connectivity index (χ3v) is 8.41. The van der Waals surface area contributed by atoms with Gasteiger partial charge in [0.25, 0.3) is 0 Å². The summed E-state index contributed by atoms with van der Waals surface area (Å²) in [6.45, 7) is 9.71. The molecule has 0 aliphatic rings. The molecule has 0 aliphatic heterocycles. The molecule has 4 rings (SSSR count). The molecule has 0 bridgehead atoms. The zero-order valence-corrected chi connectivity index (χ0v) is 22.0. The lowest BCUT2D eigenvalue weighted by Crippen LogP contribution is -2.25. The number of amidine groups is 1. The first kappa shape index (κ1) is 24.9. The van der Waals surface area contributed by atoms with Gasteiger partial charge in [-0.15, -0.1) is 0 Å². The Labute approximate surface area is 211 Å². The molecule has 0 aliphatic carbocycles. The molecular formula is C32H35N2P. The molecule has 0 aromatic heterocycles. The van der Waals surface area contributed by atoms with E-state index in [4.69, 9.17) is 4.99 Å². The molecule has 0 heterocycles. The van der Waals surface area contributed by atoms with Gasteiger partial charge >= 0.3 is 0 Å². The molecule has 1 N–H and O–H groups in total. The molecule has 0 spiro atoms. The smallest absolute Gasteiger partial charge is 0.133 e. The summed E-state index contributed by atoms with van der Waals surface area (Å²) < 4.78 is 0. The predicted molar refractivity (Wildman–Crippen MR) is 155 cm³/mol. The monoisotopic (exact) mass is 478 g/mol. The highest BCUT2D eigenvalue weighted by atomic mass is 31.1. The Morgan fingerprint density at radius 3 is 1.54 bits per heavy atom. The van der Waals surface area contributed by atoms with Gasteiger partial charge in [-0.25, -0.2) is 0 Å².